The number of amides is 2. The highest BCUT2D eigenvalue weighted by Gasteiger charge is 2.32. The highest BCUT2D eigenvalue weighted by atomic mass is 32.2. The van der Waals surface area contributed by atoms with Crippen molar-refractivity contribution in [3.8, 4) is 28.5 Å². The van der Waals surface area contributed by atoms with E-state index in [1.54, 1.807) is 84.9 Å². The molecule has 6 rings (SSSR count). The van der Waals surface area contributed by atoms with E-state index in [1.165, 1.54) is 26.2 Å². The molecule has 0 fully saturated rings. The Hall–Kier alpha value is -6.14. The van der Waals surface area contributed by atoms with Crippen molar-refractivity contribution >= 4 is 63.1 Å². The number of carbonyl (C=O) groups excluding carboxylic acids is 2. The number of aromatic nitrogens is 1. The van der Waals surface area contributed by atoms with Crippen molar-refractivity contribution in [3.05, 3.63) is 114 Å². The van der Waals surface area contributed by atoms with Gasteiger partial charge < -0.3 is 24.6 Å². The molecule has 4 aromatic carbocycles. The highest BCUT2D eigenvalue weighted by molar-refractivity contribution is 8.14. The number of ether oxygens (including phenoxy) is 3. The normalized spacial score (nSPS) is 13.4. The highest BCUT2D eigenvalue weighted by Crippen LogP contribution is 2.37. The van der Waals surface area contributed by atoms with Crippen molar-refractivity contribution in [2.24, 2.45) is 4.99 Å². The molecule has 12 heteroatoms. The minimum atomic E-state index is -1.04. The van der Waals surface area contributed by atoms with Crippen LogP contribution < -0.4 is 24.4 Å². The number of pyridine rings is 1. The number of fused-ring (bicyclic) bond motifs is 1. The largest absolute Gasteiger partial charge is 0.496 e. The summed E-state index contributed by atoms with van der Waals surface area (Å²) in [5.41, 5.74) is 3.79. The number of thioether (sulfide) groups is 1. The van der Waals surface area contributed by atoms with Gasteiger partial charge in [-0.15, -0.1) is 0 Å². The summed E-state index contributed by atoms with van der Waals surface area (Å²) in [7, 11) is 4.56. The molecule has 0 saturated heterocycles. The molecule has 0 unspecified atom stereocenters. The second-order valence-corrected chi connectivity index (χ2v) is 11.6. The molecule has 2 amide bonds. The minimum absolute atomic E-state index is 0.0294. The van der Waals surface area contributed by atoms with Crippen LogP contribution in [0.1, 0.15) is 15.9 Å². The molecule has 1 aliphatic heterocycles. The predicted molar refractivity (Wildman–Crippen MR) is 191 cm³/mol. The third-order valence-electron chi connectivity index (χ3n) is 7.62. The average molecular weight is 675 g/mol. The van der Waals surface area contributed by atoms with Crippen LogP contribution in [0.25, 0.3) is 28.2 Å². The van der Waals surface area contributed by atoms with Gasteiger partial charge in [0.25, 0.3) is 5.91 Å². The van der Waals surface area contributed by atoms with Crippen molar-refractivity contribution in [2.45, 2.75) is 0 Å². The first-order valence-electron chi connectivity index (χ1n) is 15.0. The minimum Gasteiger partial charge on any atom is -0.496 e. The number of carboxylic acids is 1. The van der Waals surface area contributed by atoms with Gasteiger partial charge >= 0.3 is 5.97 Å². The lowest BCUT2D eigenvalue weighted by atomic mass is 10.0. The number of amidine groups is 1. The monoisotopic (exact) mass is 674 g/mol. The van der Waals surface area contributed by atoms with Crippen molar-refractivity contribution in [2.75, 3.05) is 37.3 Å². The third-order valence-corrected chi connectivity index (χ3v) is 8.55. The SMILES string of the molecule is COc1cc(OC)c(OC)cc1/C=C1/N=C(SCC(=O)Nc2ccc(-c3cc(C(=O)O)c4ccccc4n3)cc2)N(c2ccccc2)C1=O. The Labute approximate surface area is 285 Å². The zero-order chi connectivity index (χ0) is 34.5. The first-order chi connectivity index (χ1) is 23.8. The molecule has 0 aliphatic carbocycles. The van der Waals surface area contributed by atoms with Gasteiger partial charge in [0.1, 0.15) is 11.4 Å². The van der Waals surface area contributed by atoms with Crippen LogP contribution in [0.15, 0.2) is 108 Å². The lowest BCUT2D eigenvalue weighted by Crippen LogP contribution is -2.31. The smallest absolute Gasteiger partial charge is 0.336 e. The number of aliphatic imine (C=N–C) groups is 1. The Balaban J connectivity index is 1.21. The number of nitrogens with zero attached hydrogens (tertiary/aromatic N) is 3. The molecule has 0 saturated carbocycles. The van der Waals surface area contributed by atoms with Gasteiger partial charge in [0.2, 0.25) is 5.91 Å². The van der Waals surface area contributed by atoms with Crippen LogP contribution in [0.2, 0.25) is 0 Å². The summed E-state index contributed by atoms with van der Waals surface area (Å²) in [5.74, 6) is -0.343. The lowest BCUT2D eigenvalue weighted by molar-refractivity contribution is -0.114. The molecule has 49 heavy (non-hydrogen) atoms. The molecule has 11 nitrogen and oxygen atoms in total. The van der Waals surface area contributed by atoms with Crippen LogP contribution in [0.4, 0.5) is 11.4 Å². The Morgan fingerprint density at radius 3 is 2.22 bits per heavy atom. The molecular weight excluding hydrogens is 644 g/mol. The quantitative estimate of drug-likeness (QED) is 0.154. The summed E-state index contributed by atoms with van der Waals surface area (Å²) in [4.78, 5) is 49.4. The summed E-state index contributed by atoms with van der Waals surface area (Å²) in [6, 6.07) is 28.0. The van der Waals surface area contributed by atoms with Gasteiger partial charge in [-0.1, -0.05) is 60.3 Å². The molecule has 1 aliphatic rings. The van der Waals surface area contributed by atoms with E-state index in [2.05, 4.69) is 15.3 Å². The number of carboxylic acid groups (broad SMARTS) is 1. The molecule has 1 aromatic heterocycles. The Morgan fingerprint density at radius 2 is 1.53 bits per heavy atom. The fourth-order valence-corrected chi connectivity index (χ4v) is 6.08. The van der Waals surface area contributed by atoms with Crippen molar-refractivity contribution < 1.29 is 33.7 Å². The number of hydrogen-bond acceptors (Lipinski definition) is 9. The van der Waals surface area contributed by atoms with Crippen molar-refractivity contribution in [1.82, 2.24) is 4.98 Å². The number of hydrogen-bond donors (Lipinski definition) is 2. The van der Waals surface area contributed by atoms with Crippen molar-refractivity contribution in [1.29, 1.82) is 0 Å². The summed E-state index contributed by atoms with van der Waals surface area (Å²) in [6.45, 7) is 0. The van der Waals surface area contributed by atoms with Gasteiger partial charge in [0.15, 0.2) is 16.7 Å². The summed E-state index contributed by atoms with van der Waals surface area (Å²) < 4.78 is 16.3. The van der Waals surface area contributed by atoms with Crippen molar-refractivity contribution in [3.63, 3.8) is 0 Å². The lowest BCUT2D eigenvalue weighted by Gasteiger charge is -2.17. The van der Waals surface area contributed by atoms with Crippen LogP contribution >= 0.6 is 11.8 Å². The van der Waals surface area contributed by atoms with E-state index in [1.807, 2.05) is 18.2 Å². The zero-order valence-electron chi connectivity index (χ0n) is 26.7. The van der Waals surface area contributed by atoms with Gasteiger partial charge in [-0.2, -0.15) is 0 Å². The fourth-order valence-electron chi connectivity index (χ4n) is 5.26. The van der Waals surface area contributed by atoms with Gasteiger partial charge in [-0.3, -0.25) is 14.5 Å². The van der Waals surface area contributed by atoms with E-state index < -0.39 is 5.97 Å². The second kappa shape index (κ2) is 14.3. The first kappa shape index (κ1) is 32.8. The van der Waals surface area contributed by atoms with Crippen LogP contribution in [0.3, 0.4) is 0 Å². The van der Waals surface area contributed by atoms with Crippen LogP contribution in [-0.2, 0) is 9.59 Å². The number of para-hydroxylation sites is 2. The molecule has 0 spiro atoms. The van der Waals surface area contributed by atoms with E-state index in [9.17, 15) is 19.5 Å². The molecule has 0 bridgehead atoms. The van der Waals surface area contributed by atoms with Crippen LogP contribution in [0.5, 0.6) is 17.2 Å². The first-order valence-corrected chi connectivity index (χ1v) is 15.9. The predicted octanol–water partition coefficient (Wildman–Crippen LogP) is 6.74. The van der Waals surface area contributed by atoms with Gasteiger partial charge in [0, 0.05) is 28.3 Å². The third kappa shape index (κ3) is 6.94. The Kier molecular flexibility index (Phi) is 9.58. The number of carbonyl (C=O) groups is 3. The van der Waals surface area contributed by atoms with Gasteiger partial charge in [-0.05, 0) is 48.5 Å². The maximum atomic E-state index is 13.7. The molecule has 0 atom stereocenters. The maximum Gasteiger partial charge on any atom is 0.336 e. The number of aromatic carboxylic acids is 1. The van der Waals surface area contributed by atoms with E-state index in [4.69, 9.17) is 14.2 Å². The van der Waals surface area contributed by atoms with Crippen LogP contribution in [0, 0.1) is 0 Å². The molecule has 5 aromatic rings. The summed E-state index contributed by atoms with van der Waals surface area (Å²) in [6.07, 6.45) is 1.61. The average Bonchev–Trinajstić information content (AvgIpc) is 3.44. The number of anilines is 2. The maximum absolute atomic E-state index is 13.7. The van der Waals surface area contributed by atoms with E-state index in [0.717, 1.165) is 11.8 Å². The van der Waals surface area contributed by atoms with Gasteiger partial charge in [0.05, 0.1) is 49.5 Å². The van der Waals surface area contributed by atoms with E-state index in [-0.39, 0.29) is 28.8 Å². The summed E-state index contributed by atoms with van der Waals surface area (Å²) in [5, 5.41) is 13.5. The Morgan fingerprint density at radius 1 is 0.857 bits per heavy atom. The van der Waals surface area contributed by atoms with E-state index in [0.29, 0.717) is 61.5 Å². The zero-order valence-corrected chi connectivity index (χ0v) is 27.5. The fraction of sp³-hybridized carbons (Fsp3) is 0.108. The topological polar surface area (TPSA) is 140 Å². The van der Waals surface area contributed by atoms with E-state index >= 15 is 0 Å². The number of methoxy groups -OCH3 is 3. The number of nitrogens with one attached hydrogen (secondary N) is 1. The second-order valence-electron chi connectivity index (χ2n) is 10.6. The standard InChI is InChI=1S/C37H30N4O7S/c1-46-31-20-33(48-3)32(47-2)18-23(31)17-30-35(43)41(25-9-5-4-6-10-25)37(40-30)49-21-34(42)38-24-15-13-22(14-16-24)29-19-27(36(44)45)26-11-7-8-12-28(26)39-29/h4-20H,21H2,1-3H3,(H,38,42)(H,44,45)/b30-17+. The molecule has 2 N–H and O–H groups in total. The number of rotatable bonds is 10. The van der Waals surface area contributed by atoms with Gasteiger partial charge in [-0.25, -0.2) is 14.8 Å². The van der Waals surface area contributed by atoms with Crippen LogP contribution in [-0.4, -0.2) is 60.1 Å². The Bertz CT molecular complexity index is 2130. The molecule has 246 valence electrons. The molecular formula is C37H30N4O7S. The number of benzene rings is 4. The summed E-state index contributed by atoms with van der Waals surface area (Å²) >= 11 is 1.12. The molecule has 0 radical (unpaired) electrons. The molecule has 2 heterocycles.